The molecule has 136 valence electrons. The first-order valence-corrected chi connectivity index (χ1v) is 7.95. The largest absolute Gasteiger partial charge is 0.496 e. The van der Waals surface area contributed by atoms with E-state index in [4.69, 9.17) is 21.1 Å². The smallest absolute Gasteiger partial charge is 0.338 e. The zero-order valence-corrected chi connectivity index (χ0v) is 14.9. The molecule has 26 heavy (non-hydrogen) atoms. The molecule has 0 aromatic heterocycles. The summed E-state index contributed by atoms with van der Waals surface area (Å²) in [6.07, 6.45) is 0. The minimum atomic E-state index is -0.695. The third kappa shape index (κ3) is 5.22. The van der Waals surface area contributed by atoms with Crippen LogP contribution in [-0.2, 0) is 9.53 Å². The lowest BCUT2D eigenvalue weighted by atomic mass is 10.1. The van der Waals surface area contributed by atoms with Crippen LogP contribution >= 0.6 is 11.6 Å². The first-order valence-electron chi connectivity index (χ1n) is 7.57. The molecule has 0 radical (unpaired) electrons. The van der Waals surface area contributed by atoms with Crippen molar-refractivity contribution < 1.29 is 23.9 Å². The molecule has 0 bridgehead atoms. The second-order valence-electron chi connectivity index (χ2n) is 5.29. The fourth-order valence-corrected chi connectivity index (χ4v) is 2.16. The lowest BCUT2D eigenvalue weighted by Crippen LogP contribution is -2.43. The summed E-state index contributed by atoms with van der Waals surface area (Å²) in [4.78, 5) is 35.7. The van der Waals surface area contributed by atoms with Crippen molar-refractivity contribution in [3.63, 3.8) is 0 Å². The topological polar surface area (TPSA) is 93.7 Å². The summed E-state index contributed by atoms with van der Waals surface area (Å²) >= 11 is 5.85. The van der Waals surface area contributed by atoms with Gasteiger partial charge in [-0.1, -0.05) is 29.3 Å². The lowest BCUT2D eigenvalue weighted by Gasteiger charge is -2.11. The predicted molar refractivity (Wildman–Crippen MR) is 95.1 cm³/mol. The Labute approximate surface area is 155 Å². The maximum absolute atomic E-state index is 12.1. The van der Waals surface area contributed by atoms with Crippen LogP contribution in [0.3, 0.4) is 0 Å². The third-order valence-corrected chi connectivity index (χ3v) is 3.58. The number of methoxy groups -OCH3 is 1. The van der Waals surface area contributed by atoms with Gasteiger partial charge in [0.25, 0.3) is 11.8 Å². The Hall–Kier alpha value is -3.06. The van der Waals surface area contributed by atoms with Gasteiger partial charge in [0.1, 0.15) is 5.75 Å². The van der Waals surface area contributed by atoms with Gasteiger partial charge in [0.15, 0.2) is 6.61 Å². The van der Waals surface area contributed by atoms with E-state index in [1.807, 2.05) is 6.92 Å². The van der Waals surface area contributed by atoms with Crippen molar-refractivity contribution in [2.45, 2.75) is 6.92 Å². The molecule has 7 nitrogen and oxygen atoms in total. The summed E-state index contributed by atoms with van der Waals surface area (Å²) in [7, 11) is 1.41. The van der Waals surface area contributed by atoms with Gasteiger partial charge in [0, 0.05) is 5.02 Å². The van der Waals surface area contributed by atoms with Crippen LogP contribution in [-0.4, -0.2) is 31.5 Å². The average Bonchev–Trinajstić information content (AvgIpc) is 2.64. The molecule has 2 amide bonds. The highest BCUT2D eigenvalue weighted by atomic mass is 35.5. The van der Waals surface area contributed by atoms with E-state index in [-0.39, 0.29) is 5.56 Å². The Morgan fingerprint density at radius 3 is 2.38 bits per heavy atom. The molecular formula is C18H17ClN2O5. The van der Waals surface area contributed by atoms with Crippen LogP contribution in [0.25, 0.3) is 0 Å². The lowest BCUT2D eigenvalue weighted by molar-refractivity contribution is -0.125. The van der Waals surface area contributed by atoms with Crippen LogP contribution in [0.4, 0.5) is 0 Å². The van der Waals surface area contributed by atoms with E-state index in [1.165, 1.54) is 19.2 Å². The molecule has 0 heterocycles. The van der Waals surface area contributed by atoms with E-state index >= 15 is 0 Å². The Balaban J connectivity index is 1.85. The summed E-state index contributed by atoms with van der Waals surface area (Å²) in [5.74, 6) is -1.66. The number of benzene rings is 2. The molecule has 0 atom stereocenters. The fraction of sp³-hybridized carbons (Fsp3) is 0.167. The number of carbonyl (C=O) groups is 3. The van der Waals surface area contributed by atoms with Crippen molar-refractivity contribution in [3.05, 3.63) is 64.2 Å². The highest BCUT2D eigenvalue weighted by Gasteiger charge is 2.15. The molecule has 2 aromatic rings. The number of hydrazine groups is 1. The molecule has 0 saturated carbocycles. The quantitative estimate of drug-likeness (QED) is 0.616. The van der Waals surface area contributed by atoms with E-state index in [0.717, 1.165) is 5.56 Å². The number of ether oxygens (including phenoxy) is 2. The van der Waals surface area contributed by atoms with Crippen LogP contribution in [0.5, 0.6) is 5.75 Å². The van der Waals surface area contributed by atoms with Gasteiger partial charge >= 0.3 is 5.97 Å². The summed E-state index contributed by atoms with van der Waals surface area (Å²) in [5, 5.41) is 0.342. The Morgan fingerprint density at radius 2 is 1.73 bits per heavy atom. The Kier molecular flexibility index (Phi) is 6.57. The van der Waals surface area contributed by atoms with E-state index in [2.05, 4.69) is 10.9 Å². The number of esters is 1. The second-order valence-corrected chi connectivity index (χ2v) is 5.73. The van der Waals surface area contributed by atoms with Crippen molar-refractivity contribution >= 4 is 29.4 Å². The monoisotopic (exact) mass is 376 g/mol. The molecule has 0 aliphatic heterocycles. The molecule has 2 aromatic carbocycles. The summed E-state index contributed by atoms with van der Waals surface area (Å²) < 4.78 is 9.95. The number of amides is 2. The molecule has 0 unspecified atom stereocenters. The van der Waals surface area contributed by atoms with E-state index in [9.17, 15) is 14.4 Å². The molecule has 2 rings (SSSR count). The maximum atomic E-state index is 12.1. The number of nitrogens with one attached hydrogen (secondary N) is 2. The van der Waals surface area contributed by atoms with E-state index < -0.39 is 24.4 Å². The number of halogens is 1. The van der Waals surface area contributed by atoms with Gasteiger partial charge in [-0.3, -0.25) is 20.4 Å². The van der Waals surface area contributed by atoms with Gasteiger partial charge in [-0.25, -0.2) is 4.79 Å². The van der Waals surface area contributed by atoms with Crippen molar-refractivity contribution in [3.8, 4) is 5.75 Å². The number of rotatable bonds is 5. The predicted octanol–water partition coefficient (Wildman–Crippen LogP) is 2.28. The van der Waals surface area contributed by atoms with E-state index in [0.29, 0.717) is 16.3 Å². The zero-order chi connectivity index (χ0) is 19.1. The van der Waals surface area contributed by atoms with Crippen LogP contribution in [0.15, 0.2) is 42.5 Å². The summed E-state index contributed by atoms with van der Waals surface area (Å²) in [5.41, 5.74) is 5.83. The van der Waals surface area contributed by atoms with Crippen molar-refractivity contribution in [2.75, 3.05) is 13.7 Å². The fourth-order valence-electron chi connectivity index (χ4n) is 1.99. The van der Waals surface area contributed by atoms with Gasteiger partial charge in [0.05, 0.1) is 18.2 Å². The van der Waals surface area contributed by atoms with Crippen LogP contribution in [0.1, 0.15) is 26.3 Å². The first kappa shape index (κ1) is 19.3. The SMILES string of the molecule is COc1ccc(Cl)cc1C(=O)NNC(=O)COC(=O)c1ccc(C)cc1. The molecule has 0 saturated heterocycles. The van der Waals surface area contributed by atoms with Crippen molar-refractivity contribution in [1.29, 1.82) is 0 Å². The molecule has 0 aliphatic rings. The van der Waals surface area contributed by atoms with Gasteiger partial charge < -0.3 is 9.47 Å². The van der Waals surface area contributed by atoms with Gasteiger partial charge in [-0.2, -0.15) is 0 Å². The first-order chi connectivity index (χ1) is 12.4. The number of carbonyl (C=O) groups excluding carboxylic acids is 3. The van der Waals surface area contributed by atoms with Gasteiger partial charge in [-0.05, 0) is 37.3 Å². The average molecular weight is 377 g/mol. The standard InChI is InChI=1S/C18H17ClN2O5/c1-11-3-5-12(6-4-11)18(24)26-10-16(22)20-21-17(23)14-9-13(19)7-8-15(14)25-2/h3-9H,10H2,1-2H3,(H,20,22)(H,21,23). The van der Waals surface area contributed by atoms with Crippen LogP contribution < -0.4 is 15.6 Å². The molecule has 0 aliphatic carbocycles. The zero-order valence-electron chi connectivity index (χ0n) is 14.2. The van der Waals surface area contributed by atoms with Crippen molar-refractivity contribution in [1.82, 2.24) is 10.9 Å². The summed E-state index contributed by atoms with van der Waals surface area (Å²) in [6.45, 7) is 1.35. The van der Waals surface area contributed by atoms with Gasteiger partial charge in [0.2, 0.25) is 0 Å². The third-order valence-electron chi connectivity index (χ3n) is 3.34. The minimum absolute atomic E-state index is 0.150. The van der Waals surface area contributed by atoms with Crippen LogP contribution in [0.2, 0.25) is 5.02 Å². The highest BCUT2D eigenvalue weighted by molar-refractivity contribution is 6.31. The molecule has 8 heteroatoms. The molecule has 0 spiro atoms. The molecule has 2 N–H and O–H groups in total. The van der Waals surface area contributed by atoms with Gasteiger partial charge in [-0.15, -0.1) is 0 Å². The highest BCUT2D eigenvalue weighted by Crippen LogP contribution is 2.22. The second kappa shape index (κ2) is 8.87. The van der Waals surface area contributed by atoms with Crippen molar-refractivity contribution in [2.24, 2.45) is 0 Å². The number of hydrogen-bond acceptors (Lipinski definition) is 5. The maximum Gasteiger partial charge on any atom is 0.338 e. The molecule has 0 fully saturated rings. The number of aryl methyl sites for hydroxylation is 1. The molecular weight excluding hydrogens is 360 g/mol. The minimum Gasteiger partial charge on any atom is -0.496 e. The normalized spacial score (nSPS) is 9.96. The van der Waals surface area contributed by atoms with E-state index in [1.54, 1.807) is 30.3 Å². The summed E-state index contributed by atoms with van der Waals surface area (Å²) in [6, 6.07) is 11.2. The number of hydrogen-bond donors (Lipinski definition) is 2. The Bertz CT molecular complexity index is 821. The Morgan fingerprint density at radius 1 is 1.04 bits per heavy atom. The van der Waals surface area contributed by atoms with Crippen LogP contribution in [0, 0.1) is 6.92 Å².